The number of piperidine rings is 1. The number of aromatic amines is 1. The fraction of sp³-hybridized carbons (Fsp3) is 0.478. The second kappa shape index (κ2) is 7.73. The standard InChI is InChI=1S/C23H27ClN4/c1-23(2)10-6-11-28(16-23)22-20-15-27(14-17-7-4-3-5-8-17)12-9-18(20)19(13-25)21(24)26-22/h3-5,7-8H,6,9-12,14-16H2,1-2H3/p+2. The molecule has 1 aromatic carbocycles. The molecule has 0 saturated carbocycles. The molecule has 0 spiro atoms. The highest BCUT2D eigenvalue weighted by Gasteiger charge is 2.37. The minimum Gasteiger partial charge on any atom is -0.327 e. The minimum atomic E-state index is 0.296. The van der Waals surface area contributed by atoms with E-state index in [-0.39, 0.29) is 0 Å². The van der Waals surface area contributed by atoms with Gasteiger partial charge in [0.1, 0.15) is 30.3 Å². The predicted octanol–water partition coefficient (Wildman–Crippen LogP) is 2.79. The molecular weight excluding hydrogens is 368 g/mol. The van der Waals surface area contributed by atoms with Crippen molar-refractivity contribution in [3.63, 3.8) is 0 Å². The van der Waals surface area contributed by atoms with Crippen molar-refractivity contribution in [2.24, 2.45) is 5.41 Å². The van der Waals surface area contributed by atoms with Crippen LogP contribution in [0.2, 0.25) is 5.15 Å². The molecule has 0 amide bonds. The van der Waals surface area contributed by atoms with Crippen molar-refractivity contribution in [1.29, 1.82) is 5.26 Å². The Hall–Kier alpha value is -2.09. The van der Waals surface area contributed by atoms with Gasteiger partial charge in [0.15, 0.2) is 0 Å². The molecule has 1 atom stereocenters. The highest BCUT2D eigenvalue weighted by Crippen LogP contribution is 2.34. The van der Waals surface area contributed by atoms with Gasteiger partial charge in [-0.3, -0.25) is 4.90 Å². The van der Waals surface area contributed by atoms with Crippen LogP contribution < -0.4 is 14.8 Å². The topological polar surface area (TPSA) is 45.6 Å². The summed E-state index contributed by atoms with van der Waals surface area (Å²) in [6.45, 7) is 9.71. The average Bonchev–Trinajstić information content (AvgIpc) is 2.67. The molecule has 28 heavy (non-hydrogen) atoms. The Labute approximate surface area is 172 Å². The highest BCUT2D eigenvalue weighted by molar-refractivity contribution is 6.29. The maximum absolute atomic E-state index is 9.69. The van der Waals surface area contributed by atoms with Gasteiger partial charge in [-0.05, 0) is 30.0 Å². The maximum Gasteiger partial charge on any atom is 0.284 e. The van der Waals surface area contributed by atoms with Gasteiger partial charge < -0.3 is 4.90 Å². The van der Waals surface area contributed by atoms with Crippen LogP contribution in [0.1, 0.15) is 48.9 Å². The van der Waals surface area contributed by atoms with Crippen molar-refractivity contribution in [2.45, 2.75) is 46.2 Å². The van der Waals surface area contributed by atoms with E-state index in [1.807, 2.05) is 0 Å². The number of nitriles is 1. The van der Waals surface area contributed by atoms with Crippen LogP contribution in [0.5, 0.6) is 0 Å². The third kappa shape index (κ3) is 3.87. The molecule has 5 heteroatoms. The molecule has 2 aliphatic heterocycles. The van der Waals surface area contributed by atoms with E-state index in [2.05, 4.69) is 60.1 Å². The Balaban J connectivity index is 1.69. The first-order chi connectivity index (χ1) is 13.5. The molecule has 3 heterocycles. The summed E-state index contributed by atoms with van der Waals surface area (Å²) in [5.74, 6) is 1.14. The second-order valence-corrected chi connectivity index (χ2v) is 9.39. The van der Waals surface area contributed by atoms with E-state index in [1.54, 1.807) is 0 Å². The summed E-state index contributed by atoms with van der Waals surface area (Å²) in [6.07, 6.45) is 3.34. The van der Waals surface area contributed by atoms with Crippen molar-refractivity contribution >= 4 is 17.4 Å². The van der Waals surface area contributed by atoms with Crippen molar-refractivity contribution in [1.82, 2.24) is 0 Å². The van der Waals surface area contributed by atoms with Gasteiger partial charge in [0.05, 0.1) is 19.6 Å². The second-order valence-electron chi connectivity index (χ2n) is 9.01. The molecule has 4 rings (SSSR count). The molecule has 2 N–H and O–H groups in total. The number of anilines is 1. The van der Waals surface area contributed by atoms with Crippen LogP contribution in [0, 0.1) is 16.7 Å². The Morgan fingerprint density at radius 2 is 2.04 bits per heavy atom. The number of hydrogen-bond acceptors (Lipinski definition) is 2. The monoisotopic (exact) mass is 396 g/mol. The quantitative estimate of drug-likeness (QED) is 0.811. The number of H-pyrrole nitrogens is 1. The zero-order valence-corrected chi connectivity index (χ0v) is 17.6. The number of pyridine rings is 1. The van der Waals surface area contributed by atoms with Crippen molar-refractivity contribution in [2.75, 3.05) is 24.5 Å². The number of quaternary nitrogens is 1. The first-order valence-corrected chi connectivity index (χ1v) is 10.6. The number of hydrogen-bond donors (Lipinski definition) is 1. The van der Waals surface area contributed by atoms with E-state index in [0.29, 0.717) is 16.1 Å². The normalized spacial score (nSPS) is 21.1. The number of nitrogens with zero attached hydrogens (tertiary/aromatic N) is 2. The van der Waals surface area contributed by atoms with Gasteiger partial charge >= 0.3 is 0 Å². The van der Waals surface area contributed by atoms with Crippen molar-refractivity contribution < 1.29 is 9.88 Å². The van der Waals surface area contributed by atoms with E-state index >= 15 is 0 Å². The maximum atomic E-state index is 9.69. The van der Waals surface area contributed by atoms with Crippen LogP contribution in [0.25, 0.3) is 0 Å². The zero-order chi connectivity index (χ0) is 19.7. The molecule has 0 radical (unpaired) electrons. The molecule has 2 aromatic rings. The van der Waals surface area contributed by atoms with Crippen molar-refractivity contribution in [3.05, 3.63) is 57.7 Å². The summed E-state index contributed by atoms with van der Waals surface area (Å²) in [6, 6.07) is 13.0. The van der Waals surface area contributed by atoms with Crippen LogP contribution in [-0.2, 0) is 19.5 Å². The average molecular weight is 397 g/mol. The summed E-state index contributed by atoms with van der Waals surface area (Å²) in [7, 11) is 0. The van der Waals surface area contributed by atoms with E-state index in [0.717, 1.165) is 50.5 Å². The number of nitrogens with one attached hydrogen (secondary N) is 2. The minimum absolute atomic E-state index is 0.296. The fourth-order valence-electron chi connectivity index (χ4n) is 4.81. The molecule has 0 bridgehead atoms. The molecule has 1 unspecified atom stereocenters. The molecule has 146 valence electrons. The van der Waals surface area contributed by atoms with Crippen LogP contribution in [0.15, 0.2) is 30.3 Å². The lowest BCUT2D eigenvalue weighted by Crippen LogP contribution is -3.10. The number of benzene rings is 1. The lowest BCUT2D eigenvalue weighted by molar-refractivity contribution is -0.929. The summed E-state index contributed by atoms with van der Waals surface area (Å²) < 4.78 is 0. The van der Waals surface area contributed by atoms with E-state index < -0.39 is 0 Å². The third-order valence-corrected chi connectivity index (χ3v) is 6.46. The number of halogens is 1. The van der Waals surface area contributed by atoms with Crippen LogP contribution in [0.3, 0.4) is 0 Å². The third-order valence-electron chi connectivity index (χ3n) is 6.18. The number of rotatable bonds is 3. The molecule has 0 aliphatic carbocycles. The van der Waals surface area contributed by atoms with Gasteiger partial charge in [-0.1, -0.05) is 44.2 Å². The van der Waals surface area contributed by atoms with Crippen LogP contribution in [0.4, 0.5) is 5.82 Å². The van der Waals surface area contributed by atoms with Gasteiger partial charge in [0.2, 0.25) is 5.15 Å². The van der Waals surface area contributed by atoms with Gasteiger partial charge in [0.25, 0.3) is 5.82 Å². The summed E-state index contributed by atoms with van der Waals surface area (Å²) >= 11 is 6.51. The molecule has 1 aromatic heterocycles. The molecule has 1 saturated heterocycles. The van der Waals surface area contributed by atoms with Gasteiger partial charge in [-0.15, -0.1) is 0 Å². The van der Waals surface area contributed by atoms with Crippen LogP contribution >= 0.6 is 11.6 Å². The summed E-state index contributed by atoms with van der Waals surface area (Å²) in [5.41, 5.74) is 4.73. The van der Waals surface area contributed by atoms with Gasteiger partial charge in [0, 0.05) is 17.4 Å². The molecule has 1 fully saturated rings. The first-order valence-electron chi connectivity index (χ1n) is 10.3. The summed E-state index contributed by atoms with van der Waals surface area (Å²) in [4.78, 5) is 7.40. The lowest BCUT2D eigenvalue weighted by atomic mass is 9.84. The molecular formula is C23H29ClN4+2. The predicted molar refractivity (Wildman–Crippen MR) is 111 cm³/mol. The van der Waals surface area contributed by atoms with Gasteiger partial charge in [-0.2, -0.15) is 5.26 Å². The first kappa shape index (κ1) is 19.2. The summed E-state index contributed by atoms with van der Waals surface area (Å²) in [5, 5.41) is 10.2. The smallest absolute Gasteiger partial charge is 0.284 e. The number of aromatic nitrogens is 1. The SMILES string of the molecule is CC1(C)CCCN(c2[nH+]c(Cl)c(C#N)c3c2C[NH+](Cc2ccccc2)CC3)C1. The lowest BCUT2D eigenvalue weighted by Gasteiger charge is -2.35. The fourth-order valence-corrected chi connectivity index (χ4v) is 5.06. The Bertz CT molecular complexity index is 901. The Kier molecular flexibility index (Phi) is 5.31. The van der Waals surface area contributed by atoms with E-state index in [1.165, 1.54) is 28.9 Å². The van der Waals surface area contributed by atoms with E-state index in [9.17, 15) is 5.26 Å². The van der Waals surface area contributed by atoms with E-state index in [4.69, 9.17) is 11.6 Å². The Morgan fingerprint density at radius 1 is 1.25 bits per heavy atom. The Morgan fingerprint density at radius 3 is 2.75 bits per heavy atom. The van der Waals surface area contributed by atoms with Crippen LogP contribution in [-0.4, -0.2) is 19.6 Å². The largest absolute Gasteiger partial charge is 0.327 e. The number of fused-ring (bicyclic) bond motifs is 1. The molecule has 2 aliphatic rings. The van der Waals surface area contributed by atoms with Gasteiger partial charge in [-0.25, -0.2) is 4.98 Å². The zero-order valence-electron chi connectivity index (χ0n) is 16.8. The van der Waals surface area contributed by atoms with Crippen molar-refractivity contribution in [3.8, 4) is 6.07 Å². The highest BCUT2D eigenvalue weighted by atomic mass is 35.5. The molecule has 4 nitrogen and oxygen atoms in total.